The van der Waals surface area contributed by atoms with Crippen LogP contribution in [0.5, 0.6) is 5.75 Å². The van der Waals surface area contributed by atoms with Crippen LogP contribution in [0.2, 0.25) is 5.02 Å². The summed E-state index contributed by atoms with van der Waals surface area (Å²) in [7, 11) is 0. The zero-order valence-electron chi connectivity index (χ0n) is 12.4. The van der Waals surface area contributed by atoms with E-state index in [2.05, 4.69) is 35.1 Å². The summed E-state index contributed by atoms with van der Waals surface area (Å²) in [6.07, 6.45) is 3.48. The Balaban J connectivity index is 1.84. The molecule has 1 saturated carbocycles. The lowest BCUT2D eigenvalue weighted by Crippen LogP contribution is -2.45. The first kappa shape index (κ1) is 16.6. The predicted molar refractivity (Wildman–Crippen MR) is 88.8 cm³/mol. The molecule has 0 radical (unpaired) electrons. The van der Waals surface area contributed by atoms with Crippen LogP contribution in [0.15, 0.2) is 22.7 Å². The Labute approximate surface area is 139 Å². The van der Waals surface area contributed by atoms with Crippen molar-refractivity contribution < 1.29 is 9.53 Å². The van der Waals surface area contributed by atoms with Crippen molar-refractivity contribution in [3.8, 4) is 5.75 Å². The van der Waals surface area contributed by atoms with Crippen LogP contribution in [0.4, 0.5) is 0 Å². The lowest BCUT2D eigenvalue weighted by atomic mass is 9.78. The van der Waals surface area contributed by atoms with Crippen molar-refractivity contribution in [1.82, 2.24) is 5.32 Å². The number of halogens is 2. The Morgan fingerprint density at radius 2 is 2.19 bits per heavy atom. The molecule has 0 aromatic heterocycles. The number of nitrogens with one attached hydrogen (secondary N) is 1. The van der Waals surface area contributed by atoms with Crippen LogP contribution in [-0.2, 0) is 4.79 Å². The molecule has 0 bridgehead atoms. The van der Waals surface area contributed by atoms with Gasteiger partial charge in [0.05, 0.1) is 5.02 Å². The van der Waals surface area contributed by atoms with Crippen LogP contribution in [-0.4, -0.2) is 18.6 Å². The molecule has 21 heavy (non-hydrogen) atoms. The van der Waals surface area contributed by atoms with Gasteiger partial charge >= 0.3 is 0 Å². The second kappa shape index (κ2) is 7.50. The minimum atomic E-state index is -0.0834. The first-order valence-electron chi connectivity index (χ1n) is 7.34. The highest BCUT2D eigenvalue weighted by Gasteiger charge is 2.28. The molecule has 3 atom stereocenters. The van der Waals surface area contributed by atoms with Gasteiger partial charge in [-0.3, -0.25) is 4.79 Å². The molecule has 5 heteroatoms. The van der Waals surface area contributed by atoms with E-state index in [1.807, 2.05) is 6.07 Å². The van der Waals surface area contributed by atoms with Crippen molar-refractivity contribution in [2.24, 2.45) is 11.8 Å². The molecule has 0 unspecified atom stereocenters. The minimum absolute atomic E-state index is 0.00104. The van der Waals surface area contributed by atoms with E-state index in [4.69, 9.17) is 16.3 Å². The van der Waals surface area contributed by atoms with Gasteiger partial charge in [-0.1, -0.05) is 54.2 Å². The molecule has 0 aliphatic heterocycles. The zero-order chi connectivity index (χ0) is 15.4. The standard InChI is InChI=1S/C16H21BrClNO2/c1-10-4-3-5-14(11(10)2)19-16(20)9-21-15-7-6-12(17)8-13(15)18/h6-8,10-11,14H,3-5,9H2,1-2H3,(H,19,20)/t10-,11+,14-/m0/s1. The van der Waals surface area contributed by atoms with Gasteiger partial charge in [0.25, 0.3) is 5.91 Å². The van der Waals surface area contributed by atoms with Gasteiger partial charge in [-0.25, -0.2) is 0 Å². The van der Waals surface area contributed by atoms with E-state index in [9.17, 15) is 4.79 Å². The number of benzene rings is 1. The Morgan fingerprint density at radius 3 is 2.90 bits per heavy atom. The van der Waals surface area contributed by atoms with Crippen molar-refractivity contribution in [3.05, 3.63) is 27.7 Å². The van der Waals surface area contributed by atoms with Crippen molar-refractivity contribution >= 4 is 33.4 Å². The monoisotopic (exact) mass is 373 g/mol. The van der Waals surface area contributed by atoms with Crippen LogP contribution in [0.25, 0.3) is 0 Å². The fraction of sp³-hybridized carbons (Fsp3) is 0.562. The van der Waals surface area contributed by atoms with Crippen molar-refractivity contribution in [2.45, 2.75) is 39.2 Å². The van der Waals surface area contributed by atoms with Crippen molar-refractivity contribution in [1.29, 1.82) is 0 Å². The van der Waals surface area contributed by atoms with E-state index in [1.165, 1.54) is 12.8 Å². The van der Waals surface area contributed by atoms with Crippen LogP contribution in [0.3, 0.4) is 0 Å². The highest BCUT2D eigenvalue weighted by Crippen LogP contribution is 2.30. The second-order valence-electron chi connectivity index (χ2n) is 5.80. The lowest BCUT2D eigenvalue weighted by Gasteiger charge is -2.34. The fourth-order valence-electron chi connectivity index (χ4n) is 2.77. The summed E-state index contributed by atoms with van der Waals surface area (Å²) in [5.74, 6) is 1.62. The SMILES string of the molecule is C[C@H]1[C@@H](NC(=O)COc2ccc(Br)cc2Cl)CCC[C@@H]1C. The minimum Gasteiger partial charge on any atom is -0.482 e. The second-order valence-corrected chi connectivity index (χ2v) is 7.13. The Kier molecular flexibility index (Phi) is 5.94. The van der Waals surface area contributed by atoms with Gasteiger partial charge in [0.1, 0.15) is 5.75 Å². The van der Waals surface area contributed by atoms with Crippen LogP contribution >= 0.6 is 27.5 Å². The molecule has 1 fully saturated rings. The van der Waals surface area contributed by atoms with Gasteiger partial charge in [-0.15, -0.1) is 0 Å². The number of rotatable bonds is 4. The average Bonchev–Trinajstić information content (AvgIpc) is 2.43. The largest absolute Gasteiger partial charge is 0.482 e. The van der Waals surface area contributed by atoms with Gasteiger partial charge in [0, 0.05) is 10.5 Å². The van der Waals surface area contributed by atoms with E-state index in [0.717, 1.165) is 10.9 Å². The summed E-state index contributed by atoms with van der Waals surface area (Å²) in [6.45, 7) is 4.46. The van der Waals surface area contributed by atoms with Crippen molar-refractivity contribution in [2.75, 3.05) is 6.61 Å². The first-order valence-corrected chi connectivity index (χ1v) is 8.51. The zero-order valence-corrected chi connectivity index (χ0v) is 14.7. The van der Waals surface area contributed by atoms with E-state index >= 15 is 0 Å². The molecule has 1 aromatic rings. The molecule has 3 nitrogen and oxygen atoms in total. The van der Waals surface area contributed by atoms with E-state index in [-0.39, 0.29) is 18.6 Å². The smallest absolute Gasteiger partial charge is 0.258 e. The number of hydrogen-bond donors (Lipinski definition) is 1. The Morgan fingerprint density at radius 1 is 1.43 bits per heavy atom. The Hall–Kier alpha value is -0.740. The molecule has 0 saturated heterocycles. The molecular weight excluding hydrogens is 354 g/mol. The molecule has 0 heterocycles. The van der Waals surface area contributed by atoms with Crippen LogP contribution in [0, 0.1) is 11.8 Å². The first-order chi connectivity index (χ1) is 9.97. The maximum atomic E-state index is 12.0. The molecule has 1 aromatic carbocycles. The Bertz CT molecular complexity index is 509. The third-order valence-electron chi connectivity index (χ3n) is 4.31. The number of ether oxygens (including phenoxy) is 1. The van der Waals surface area contributed by atoms with E-state index in [0.29, 0.717) is 22.6 Å². The number of carbonyl (C=O) groups excluding carboxylic acids is 1. The molecule has 2 rings (SSSR count). The van der Waals surface area contributed by atoms with E-state index < -0.39 is 0 Å². The predicted octanol–water partition coefficient (Wildman–Crippen LogP) is 4.42. The lowest BCUT2D eigenvalue weighted by molar-refractivity contribution is -0.124. The highest BCUT2D eigenvalue weighted by atomic mass is 79.9. The summed E-state index contributed by atoms with van der Waals surface area (Å²) >= 11 is 9.40. The number of hydrogen-bond acceptors (Lipinski definition) is 2. The summed E-state index contributed by atoms with van der Waals surface area (Å²) in [4.78, 5) is 12.0. The van der Waals surface area contributed by atoms with Crippen LogP contribution in [0.1, 0.15) is 33.1 Å². The quantitative estimate of drug-likeness (QED) is 0.847. The summed E-state index contributed by atoms with van der Waals surface area (Å²) < 4.78 is 6.38. The molecule has 1 aliphatic carbocycles. The van der Waals surface area contributed by atoms with Gasteiger partial charge in [0.2, 0.25) is 0 Å². The topological polar surface area (TPSA) is 38.3 Å². The van der Waals surface area contributed by atoms with Gasteiger partial charge in [0.15, 0.2) is 6.61 Å². The van der Waals surface area contributed by atoms with Crippen molar-refractivity contribution in [3.63, 3.8) is 0 Å². The van der Waals surface area contributed by atoms with E-state index in [1.54, 1.807) is 12.1 Å². The van der Waals surface area contributed by atoms with Gasteiger partial charge in [-0.2, -0.15) is 0 Å². The fourth-order valence-corrected chi connectivity index (χ4v) is 3.50. The third kappa shape index (κ3) is 4.62. The maximum Gasteiger partial charge on any atom is 0.258 e. The summed E-state index contributed by atoms with van der Waals surface area (Å²) in [5, 5.41) is 3.58. The molecule has 0 spiro atoms. The molecular formula is C16H21BrClNO2. The van der Waals surface area contributed by atoms with Crippen LogP contribution < -0.4 is 10.1 Å². The average molecular weight is 375 g/mol. The maximum absolute atomic E-state index is 12.0. The molecule has 1 amide bonds. The van der Waals surface area contributed by atoms with Gasteiger partial charge in [-0.05, 0) is 36.5 Å². The number of carbonyl (C=O) groups is 1. The molecule has 116 valence electrons. The summed E-state index contributed by atoms with van der Waals surface area (Å²) in [6, 6.07) is 5.60. The summed E-state index contributed by atoms with van der Waals surface area (Å²) in [5.41, 5.74) is 0. The normalized spacial score (nSPS) is 25.4. The third-order valence-corrected chi connectivity index (χ3v) is 5.09. The van der Waals surface area contributed by atoms with Gasteiger partial charge < -0.3 is 10.1 Å². The molecule has 1 aliphatic rings. The molecule has 1 N–H and O–H groups in total. The highest BCUT2D eigenvalue weighted by molar-refractivity contribution is 9.10. The number of amides is 1.